The topological polar surface area (TPSA) is 69.7 Å². The highest BCUT2D eigenvalue weighted by molar-refractivity contribution is 5.97. The average Bonchev–Trinajstić information content (AvgIpc) is 2.42. The van der Waals surface area contributed by atoms with Crippen molar-refractivity contribution in [2.24, 2.45) is 0 Å². The number of benzene rings is 1. The zero-order valence-corrected chi connectivity index (χ0v) is 10.0. The summed E-state index contributed by atoms with van der Waals surface area (Å²) in [5, 5.41) is 0. The summed E-state index contributed by atoms with van der Waals surface area (Å²) in [6, 6.07) is 6.69. The molecule has 0 unspecified atom stereocenters. The van der Waals surface area contributed by atoms with Gasteiger partial charge in [0.25, 0.3) is 6.47 Å². The number of carbonyl (C=O) groups excluding carboxylic acids is 3. The molecule has 0 atom stereocenters. The van der Waals surface area contributed by atoms with Gasteiger partial charge in [-0.3, -0.25) is 14.4 Å². The van der Waals surface area contributed by atoms with Gasteiger partial charge in [0.1, 0.15) is 6.61 Å². The van der Waals surface area contributed by atoms with Crippen LogP contribution in [0.5, 0.6) is 0 Å². The summed E-state index contributed by atoms with van der Waals surface area (Å²) in [4.78, 5) is 32.6. The largest absolute Gasteiger partial charge is 0.469 e. The first-order valence-electron chi connectivity index (χ1n) is 5.41. The molecule has 0 spiro atoms. The number of hydrogen-bond acceptors (Lipinski definition) is 5. The highest BCUT2D eigenvalue weighted by atomic mass is 16.5. The normalized spacial score (nSPS) is 9.61. The Bertz CT molecular complexity index is 422. The van der Waals surface area contributed by atoms with Gasteiger partial charge in [-0.1, -0.05) is 24.3 Å². The molecule has 0 fully saturated rings. The number of carbonyl (C=O) groups is 3. The van der Waals surface area contributed by atoms with Gasteiger partial charge in [-0.15, -0.1) is 0 Å². The Kier molecular flexibility index (Phi) is 5.57. The van der Waals surface area contributed by atoms with Crippen LogP contribution in [0, 0.1) is 0 Å². The third kappa shape index (κ3) is 4.37. The zero-order valence-electron chi connectivity index (χ0n) is 10.0. The lowest BCUT2D eigenvalue weighted by molar-refractivity contribution is -0.140. The predicted molar refractivity (Wildman–Crippen MR) is 62.9 cm³/mol. The molecule has 0 bridgehead atoms. The van der Waals surface area contributed by atoms with Crippen LogP contribution in [0.25, 0.3) is 0 Å². The summed E-state index contributed by atoms with van der Waals surface area (Å²) in [5.41, 5.74) is 1.32. The Morgan fingerprint density at radius 3 is 2.39 bits per heavy atom. The van der Waals surface area contributed by atoms with E-state index in [1.165, 1.54) is 7.11 Å². The van der Waals surface area contributed by atoms with Crippen molar-refractivity contribution >= 4 is 18.2 Å². The SMILES string of the molecule is COC(=O)CCC(=O)c1ccc(COC=O)cc1. The molecule has 0 heterocycles. The molecule has 0 radical (unpaired) electrons. The predicted octanol–water partition coefficient (Wildman–Crippen LogP) is 1.50. The van der Waals surface area contributed by atoms with Crippen molar-refractivity contribution in [1.29, 1.82) is 0 Å². The summed E-state index contributed by atoms with van der Waals surface area (Å²) in [7, 11) is 1.29. The summed E-state index contributed by atoms with van der Waals surface area (Å²) in [6.07, 6.45) is 0.197. The highest BCUT2D eigenvalue weighted by Gasteiger charge is 2.09. The fraction of sp³-hybridized carbons (Fsp3) is 0.308. The molecule has 0 amide bonds. The molecule has 5 nitrogen and oxygen atoms in total. The quantitative estimate of drug-likeness (QED) is 0.416. The van der Waals surface area contributed by atoms with Crippen LogP contribution in [-0.4, -0.2) is 25.3 Å². The minimum absolute atomic E-state index is 0.0747. The van der Waals surface area contributed by atoms with Gasteiger partial charge < -0.3 is 9.47 Å². The van der Waals surface area contributed by atoms with E-state index >= 15 is 0 Å². The van der Waals surface area contributed by atoms with Crippen molar-refractivity contribution in [3.8, 4) is 0 Å². The van der Waals surface area contributed by atoms with Gasteiger partial charge in [0.15, 0.2) is 5.78 Å². The number of ether oxygens (including phenoxy) is 2. The zero-order chi connectivity index (χ0) is 13.4. The van der Waals surface area contributed by atoms with Crippen molar-refractivity contribution in [3.63, 3.8) is 0 Å². The van der Waals surface area contributed by atoms with Gasteiger partial charge in [0.2, 0.25) is 0 Å². The fourth-order valence-electron chi connectivity index (χ4n) is 1.38. The second-order valence-corrected chi connectivity index (χ2v) is 3.60. The fourth-order valence-corrected chi connectivity index (χ4v) is 1.38. The molecule has 0 saturated carbocycles. The standard InChI is InChI=1S/C13H14O5/c1-17-13(16)7-6-12(15)11-4-2-10(3-5-11)8-18-9-14/h2-5,9H,6-8H2,1H3. The van der Waals surface area contributed by atoms with Crippen LogP contribution >= 0.6 is 0 Å². The molecular weight excluding hydrogens is 236 g/mol. The van der Waals surface area contributed by atoms with Crippen molar-refractivity contribution in [3.05, 3.63) is 35.4 Å². The Labute approximate surface area is 105 Å². The van der Waals surface area contributed by atoms with E-state index in [1.807, 2.05) is 0 Å². The first kappa shape index (κ1) is 13.9. The van der Waals surface area contributed by atoms with Crippen LogP contribution in [-0.2, 0) is 25.7 Å². The highest BCUT2D eigenvalue weighted by Crippen LogP contribution is 2.09. The number of methoxy groups -OCH3 is 1. The van der Waals surface area contributed by atoms with Crippen molar-refractivity contribution in [2.45, 2.75) is 19.4 Å². The Morgan fingerprint density at radius 1 is 1.17 bits per heavy atom. The van der Waals surface area contributed by atoms with E-state index in [-0.39, 0.29) is 25.2 Å². The molecule has 0 aliphatic rings. The molecule has 96 valence electrons. The van der Waals surface area contributed by atoms with Crippen LogP contribution < -0.4 is 0 Å². The van der Waals surface area contributed by atoms with E-state index in [9.17, 15) is 14.4 Å². The molecule has 0 aliphatic heterocycles. The van der Waals surface area contributed by atoms with Crippen LogP contribution in [0.15, 0.2) is 24.3 Å². The van der Waals surface area contributed by atoms with Gasteiger partial charge in [0, 0.05) is 12.0 Å². The summed E-state index contributed by atoms with van der Waals surface area (Å²) < 4.78 is 9.05. The number of Topliss-reactive ketones (excluding diaryl/α,β-unsaturated/α-hetero) is 1. The van der Waals surface area contributed by atoms with Gasteiger partial charge in [-0.05, 0) is 5.56 Å². The third-order valence-corrected chi connectivity index (χ3v) is 2.38. The smallest absolute Gasteiger partial charge is 0.305 e. The first-order chi connectivity index (χ1) is 8.67. The number of ketones is 1. The van der Waals surface area contributed by atoms with E-state index in [1.54, 1.807) is 24.3 Å². The van der Waals surface area contributed by atoms with Gasteiger partial charge >= 0.3 is 5.97 Å². The van der Waals surface area contributed by atoms with E-state index in [2.05, 4.69) is 9.47 Å². The molecule has 1 aromatic carbocycles. The van der Waals surface area contributed by atoms with Gasteiger partial charge in [-0.25, -0.2) is 0 Å². The molecule has 18 heavy (non-hydrogen) atoms. The summed E-state index contributed by atoms with van der Waals surface area (Å²) in [6.45, 7) is 0.551. The molecule has 0 aromatic heterocycles. The Hall–Kier alpha value is -2.17. The van der Waals surface area contributed by atoms with Crippen molar-refractivity contribution in [2.75, 3.05) is 7.11 Å². The van der Waals surface area contributed by atoms with Crippen LogP contribution in [0.2, 0.25) is 0 Å². The molecule has 1 rings (SSSR count). The van der Waals surface area contributed by atoms with Crippen LogP contribution in [0.1, 0.15) is 28.8 Å². The molecule has 1 aromatic rings. The van der Waals surface area contributed by atoms with Gasteiger partial charge in [0.05, 0.1) is 13.5 Å². The Balaban J connectivity index is 2.53. The number of esters is 1. The lowest BCUT2D eigenvalue weighted by Gasteiger charge is -2.03. The second-order valence-electron chi connectivity index (χ2n) is 3.60. The summed E-state index contributed by atoms with van der Waals surface area (Å²) >= 11 is 0. The van der Waals surface area contributed by atoms with Crippen LogP contribution in [0.3, 0.4) is 0 Å². The average molecular weight is 250 g/mol. The molecule has 0 aliphatic carbocycles. The molecule has 0 saturated heterocycles. The van der Waals surface area contributed by atoms with E-state index in [0.29, 0.717) is 12.0 Å². The maximum Gasteiger partial charge on any atom is 0.305 e. The number of rotatable bonds is 7. The number of hydrogen-bond donors (Lipinski definition) is 0. The minimum Gasteiger partial charge on any atom is -0.469 e. The molecule has 5 heteroatoms. The van der Waals surface area contributed by atoms with Crippen LogP contribution in [0.4, 0.5) is 0 Å². The monoisotopic (exact) mass is 250 g/mol. The van der Waals surface area contributed by atoms with Crippen molar-refractivity contribution < 1.29 is 23.9 Å². The third-order valence-electron chi connectivity index (χ3n) is 2.38. The molecular formula is C13H14O5. The van der Waals surface area contributed by atoms with E-state index < -0.39 is 5.97 Å². The lowest BCUT2D eigenvalue weighted by atomic mass is 10.1. The Morgan fingerprint density at radius 2 is 1.83 bits per heavy atom. The molecule has 0 N–H and O–H groups in total. The van der Waals surface area contributed by atoms with E-state index in [0.717, 1.165) is 5.56 Å². The lowest BCUT2D eigenvalue weighted by Crippen LogP contribution is -2.06. The first-order valence-corrected chi connectivity index (χ1v) is 5.41. The maximum atomic E-state index is 11.7. The van der Waals surface area contributed by atoms with Crippen molar-refractivity contribution in [1.82, 2.24) is 0 Å². The van der Waals surface area contributed by atoms with Gasteiger partial charge in [-0.2, -0.15) is 0 Å². The second kappa shape index (κ2) is 7.21. The summed E-state index contributed by atoms with van der Waals surface area (Å²) in [5.74, 6) is -0.525. The minimum atomic E-state index is -0.403. The van der Waals surface area contributed by atoms with E-state index in [4.69, 9.17) is 0 Å². The maximum absolute atomic E-state index is 11.7.